The van der Waals surface area contributed by atoms with Gasteiger partial charge in [0.05, 0.1) is 5.56 Å². The summed E-state index contributed by atoms with van der Waals surface area (Å²) in [5, 5.41) is 0. The van der Waals surface area contributed by atoms with E-state index in [1.807, 2.05) is 13.8 Å². The summed E-state index contributed by atoms with van der Waals surface area (Å²) in [7, 11) is 0. The highest BCUT2D eigenvalue weighted by Crippen LogP contribution is 2.20. The lowest BCUT2D eigenvalue weighted by atomic mass is 10.1. The Labute approximate surface area is 132 Å². The van der Waals surface area contributed by atoms with Gasteiger partial charge in [-0.05, 0) is 34.1 Å². The van der Waals surface area contributed by atoms with Crippen LogP contribution < -0.4 is 0 Å². The summed E-state index contributed by atoms with van der Waals surface area (Å²) in [6.45, 7) is 5.72. The first-order valence-corrected chi connectivity index (χ1v) is 7.72. The average Bonchev–Trinajstić information content (AvgIpc) is 2.48. The fourth-order valence-corrected chi connectivity index (χ4v) is 2.74. The monoisotopic (exact) mass is 356 g/mol. The molecular weight excluding hydrogens is 339 g/mol. The van der Waals surface area contributed by atoms with Crippen molar-refractivity contribution in [2.45, 2.75) is 13.8 Å². The van der Waals surface area contributed by atoms with Crippen LogP contribution in [0.25, 0.3) is 0 Å². The average molecular weight is 357 g/mol. The van der Waals surface area contributed by atoms with Crippen LogP contribution in [0.5, 0.6) is 0 Å². The molecule has 1 aliphatic rings. The molecule has 1 heterocycles. The molecule has 114 valence electrons. The molecule has 1 fully saturated rings. The Morgan fingerprint density at radius 1 is 1.14 bits per heavy atom. The Balaban J connectivity index is 2.03. The van der Waals surface area contributed by atoms with Crippen LogP contribution in [0.3, 0.4) is 0 Å². The molecule has 0 radical (unpaired) electrons. The van der Waals surface area contributed by atoms with Crippen molar-refractivity contribution in [1.29, 1.82) is 0 Å². The van der Waals surface area contributed by atoms with Gasteiger partial charge >= 0.3 is 0 Å². The van der Waals surface area contributed by atoms with Crippen LogP contribution in [0.2, 0.25) is 0 Å². The first-order chi connectivity index (χ1) is 9.90. The fourth-order valence-electron chi connectivity index (χ4n) is 2.33. The quantitative estimate of drug-likeness (QED) is 0.816. The highest BCUT2D eigenvalue weighted by Gasteiger charge is 2.26. The topological polar surface area (TPSA) is 40.6 Å². The third-order valence-corrected chi connectivity index (χ3v) is 4.22. The lowest BCUT2D eigenvalue weighted by Gasteiger charge is -2.35. The number of nitrogens with zero attached hydrogens (tertiary/aromatic N) is 2. The van der Waals surface area contributed by atoms with Crippen LogP contribution in [-0.4, -0.2) is 47.8 Å². The van der Waals surface area contributed by atoms with Crippen molar-refractivity contribution in [2.75, 3.05) is 26.2 Å². The van der Waals surface area contributed by atoms with Crippen molar-refractivity contribution < 1.29 is 14.0 Å². The maximum absolute atomic E-state index is 13.3. The lowest BCUT2D eigenvalue weighted by Crippen LogP contribution is -2.51. The number of hydrogen-bond donors (Lipinski definition) is 0. The molecule has 1 aromatic rings. The Morgan fingerprint density at radius 2 is 1.71 bits per heavy atom. The van der Waals surface area contributed by atoms with E-state index in [0.29, 0.717) is 36.2 Å². The van der Waals surface area contributed by atoms with Gasteiger partial charge in [-0.15, -0.1) is 0 Å². The Morgan fingerprint density at radius 3 is 2.29 bits per heavy atom. The normalized spacial score (nSPS) is 15.5. The Bertz CT molecular complexity index is 555. The molecule has 0 saturated carbocycles. The summed E-state index contributed by atoms with van der Waals surface area (Å²) in [6.07, 6.45) is 0. The third-order valence-electron chi connectivity index (χ3n) is 3.53. The molecule has 1 aromatic carbocycles. The summed E-state index contributed by atoms with van der Waals surface area (Å²) in [6, 6.07) is 4.07. The molecule has 21 heavy (non-hydrogen) atoms. The van der Waals surface area contributed by atoms with Crippen molar-refractivity contribution in [3.8, 4) is 0 Å². The van der Waals surface area contributed by atoms with E-state index >= 15 is 0 Å². The number of benzene rings is 1. The molecule has 0 aromatic heterocycles. The summed E-state index contributed by atoms with van der Waals surface area (Å²) in [5.41, 5.74) is 0.318. The van der Waals surface area contributed by atoms with E-state index in [2.05, 4.69) is 15.9 Å². The molecule has 0 unspecified atom stereocenters. The van der Waals surface area contributed by atoms with Crippen LogP contribution in [0.1, 0.15) is 24.2 Å². The molecule has 2 rings (SSSR count). The standard InChI is InChI=1S/C15H18BrFN2O2/c1-10(2)14(20)18-5-7-19(8-6-18)15(21)12-9-11(17)3-4-13(12)16/h3-4,9-10H,5-8H2,1-2H3. The molecule has 2 amide bonds. The summed E-state index contributed by atoms with van der Waals surface area (Å²) in [5.74, 6) is -0.577. The maximum Gasteiger partial charge on any atom is 0.255 e. The van der Waals surface area contributed by atoms with Crippen molar-refractivity contribution in [3.63, 3.8) is 0 Å². The lowest BCUT2D eigenvalue weighted by molar-refractivity contribution is -0.135. The fraction of sp³-hybridized carbons (Fsp3) is 0.467. The third kappa shape index (κ3) is 3.61. The minimum absolute atomic E-state index is 0.0374. The van der Waals surface area contributed by atoms with Gasteiger partial charge in [0.1, 0.15) is 5.82 Å². The SMILES string of the molecule is CC(C)C(=O)N1CCN(C(=O)c2cc(F)ccc2Br)CC1. The minimum Gasteiger partial charge on any atom is -0.339 e. The zero-order valence-corrected chi connectivity index (χ0v) is 13.7. The first-order valence-electron chi connectivity index (χ1n) is 6.93. The second-order valence-electron chi connectivity index (χ2n) is 5.40. The molecular formula is C15H18BrFN2O2. The van der Waals surface area contributed by atoms with Crippen LogP contribution in [0.15, 0.2) is 22.7 Å². The van der Waals surface area contributed by atoms with E-state index in [-0.39, 0.29) is 17.7 Å². The van der Waals surface area contributed by atoms with E-state index in [4.69, 9.17) is 0 Å². The number of halogens is 2. The van der Waals surface area contributed by atoms with Gasteiger partial charge in [0, 0.05) is 36.6 Å². The molecule has 6 heteroatoms. The number of rotatable bonds is 2. The smallest absolute Gasteiger partial charge is 0.255 e. The van der Waals surface area contributed by atoms with Crippen molar-refractivity contribution in [2.24, 2.45) is 5.92 Å². The summed E-state index contributed by atoms with van der Waals surface area (Å²) >= 11 is 3.27. The highest BCUT2D eigenvalue weighted by atomic mass is 79.9. The molecule has 0 spiro atoms. The van der Waals surface area contributed by atoms with Crippen LogP contribution >= 0.6 is 15.9 Å². The number of hydrogen-bond acceptors (Lipinski definition) is 2. The Hall–Kier alpha value is -1.43. The zero-order valence-electron chi connectivity index (χ0n) is 12.1. The van der Waals surface area contributed by atoms with Crippen molar-refractivity contribution >= 4 is 27.7 Å². The molecule has 1 saturated heterocycles. The van der Waals surface area contributed by atoms with Gasteiger partial charge in [0.2, 0.25) is 5.91 Å². The van der Waals surface area contributed by atoms with Gasteiger partial charge in [-0.25, -0.2) is 4.39 Å². The largest absolute Gasteiger partial charge is 0.339 e. The first kappa shape index (κ1) is 15.9. The van der Waals surface area contributed by atoms with Crippen LogP contribution in [-0.2, 0) is 4.79 Å². The van der Waals surface area contributed by atoms with Gasteiger partial charge < -0.3 is 9.80 Å². The number of amides is 2. The van der Waals surface area contributed by atoms with E-state index < -0.39 is 5.82 Å². The highest BCUT2D eigenvalue weighted by molar-refractivity contribution is 9.10. The number of carbonyl (C=O) groups is 2. The van der Waals surface area contributed by atoms with Crippen molar-refractivity contribution in [3.05, 3.63) is 34.1 Å². The van der Waals surface area contributed by atoms with E-state index in [1.165, 1.54) is 18.2 Å². The predicted molar refractivity (Wildman–Crippen MR) is 81.4 cm³/mol. The number of piperazine rings is 1. The van der Waals surface area contributed by atoms with E-state index in [1.54, 1.807) is 9.80 Å². The van der Waals surface area contributed by atoms with Gasteiger partial charge in [0.25, 0.3) is 5.91 Å². The molecule has 1 aliphatic heterocycles. The van der Waals surface area contributed by atoms with E-state index in [9.17, 15) is 14.0 Å². The van der Waals surface area contributed by atoms with Crippen LogP contribution in [0.4, 0.5) is 4.39 Å². The zero-order chi connectivity index (χ0) is 15.6. The van der Waals surface area contributed by atoms with Crippen molar-refractivity contribution in [1.82, 2.24) is 9.80 Å². The predicted octanol–water partition coefficient (Wildman–Crippen LogP) is 2.53. The second-order valence-corrected chi connectivity index (χ2v) is 6.25. The molecule has 0 N–H and O–H groups in total. The minimum atomic E-state index is -0.435. The second kappa shape index (κ2) is 6.56. The maximum atomic E-state index is 13.3. The summed E-state index contributed by atoms with van der Waals surface area (Å²) in [4.78, 5) is 27.7. The summed E-state index contributed by atoms with van der Waals surface area (Å²) < 4.78 is 13.9. The molecule has 0 aliphatic carbocycles. The molecule has 0 bridgehead atoms. The Kier molecular flexibility index (Phi) is 4.98. The van der Waals surface area contributed by atoms with Crippen LogP contribution in [0, 0.1) is 11.7 Å². The van der Waals surface area contributed by atoms with Gasteiger partial charge in [-0.2, -0.15) is 0 Å². The van der Waals surface area contributed by atoms with Gasteiger partial charge in [-0.1, -0.05) is 13.8 Å². The molecule has 4 nitrogen and oxygen atoms in total. The number of carbonyl (C=O) groups excluding carboxylic acids is 2. The van der Waals surface area contributed by atoms with E-state index in [0.717, 1.165) is 0 Å². The van der Waals surface area contributed by atoms with Gasteiger partial charge in [0.15, 0.2) is 0 Å². The molecule has 0 atom stereocenters. The van der Waals surface area contributed by atoms with Gasteiger partial charge in [-0.3, -0.25) is 9.59 Å².